The van der Waals surface area contributed by atoms with E-state index in [1.165, 1.54) is 61.9 Å². The Labute approximate surface area is 254 Å². The molecule has 0 aliphatic rings. The Morgan fingerprint density at radius 3 is 2.12 bits per heavy atom. The van der Waals surface area contributed by atoms with E-state index in [0.29, 0.717) is 27.8 Å². The van der Waals surface area contributed by atoms with Gasteiger partial charge in [-0.3, -0.25) is 13.9 Å². The van der Waals surface area contributed by atoms with Crippen molar-refractivity contribution < 1.29 is 27.5 Å². The summed E-state index contributed by atoms with van der Waals surface area (Å²) in [7, 11) is -2.64. The minimum Gasteiger partial charge on any atom is -0.497 e. The molecule has 0 saturated carbocycles. The summed E-state index contributed by atoms with van der Waals surface area (Å²) in [6.45, 7) is 1.26. The van der Waals surface area contributed by atoms with Crippen LogP contribution in [-0.2, 0) is 19.6 Å². The Balaban J connectivity index is 1.35. The molecule has 0 atom stereocenters. The van der Waals surface area contributed by atoms with Crippen LogP contribution in [0.5, 0.6) is 11.5 Å². The lowest BCUT2D eigenvalue weighted by molar-refractivity contribution is -0.119. The maximum Gasteiger partial charge on any atom is 0.264 e. The molecule has 0 saturated heterocycles. The second-order valence-electron chi connectivity index (χ2n) is 9.23. The molecule has 0 aliphatic heterocycles. The van der Waals surface area contributed by atoms with Crippen molar-refractivity contribution in [3.8, 4) is 11.5 Å². The zero-order valence-corrected chi connectivity index (χ0v) is 24.9. The highest BCUT2D eigenvalue weighted by atomic mass is 35.5. The molecule has 222 valence electrons. The van der Waals surface area contributed by atoms with E-state index in [4.69, 9.17) is 21.1 Å². The Kier molecular flexibility index (Phi) is 10.4. The normalized spacial score (nSPS) is 11.1. The van der Waals surface area contributed by atoms with Crippen molar-refractivity contribution >= 4 is 51.0 Å². The lowest BCUT2D eigenvalue weighted by Gasteiger charge is -2.23. The van der Waals surface area contributed by atoms with Crippen LogP contribution in [0.3, 0.4) is 0 Å². The Hall–Kier alpha value is -4.87. The molecular formula is C31H29ClN4O6S. The summed E-state index contributed by atoms with van der Waals surface area (Å²) in [5.41, 5.74) is 5.02. The van der Waals surface area contributed by atoms with Crippen LogP contribution in [0.15, 0.2) is 107 Å². The second-order valence-corrected chi connectivity index (χ2v) is 11.5. The Morgan fingerprint density at radius 1 is 0.860 bits per heavy atom. The van der Waals surface area contributed by atoms with Crippen molar-refractivity contribution in [2.24, 2.45) is 5.10 Å². The number of benzene rings is 4. The summed E-state index contributed by atoms with van der Waals surface area (Å²) in [6, 6.07) is 26.1. The highest BCUT2D eigenvalue weighted by Gasteiger charge is 2.27. The van der Waals surface area contributed by atoms with Gasteiger partial charge in [0.25, 0.3) is 21.8 Å². The van der Waals surface area contributed by atoms with Gasteiger partial charge in [-0.15, -0.1) is 0 Å². The smallest absolute Gasteiger partial charge is 0.264 e. The van der Waals surface area contributed by atoms with E-state index < -0.39 is 22.5 Å². The van der Waals surface area contributed by atoms with E-state index in [1.807, 2.05) is 31.2 Å². The third kappa shape index (κ3) is 8.81. The number of hydrogen-bond acceptors (Lipinski definition) is 7. The lowest BCUT2D eigenvalue weighted by atomic mass is 10.2. The zero-order chi connectivity index (χ0) is 30.8. The average molecular weight is 621 g/mol. The first-order valence-corrected chi connectivity index (χ1v) is 14.8. The minimum absolute atomic E-state index is 0.0190. The SMILES string of the molecule is COc1ccc(S(=O)(=O)N(CC(=O)N/N=C\c2ccc(OCC(=O)Nc3ccc(C)cc3)cc2)c2ccc(Cl)cc2)cc1. The zero-order valence-electron chi connectivity index (χ0n) is 23.4. The van der Waals surface area contributed by atoms with Crippen LogP contribution in [0.1, 0.15) is 11.1 Å². The Morgan fingerprint density at radius 2 is 1.49 bits per heavy atom. The summed E-state index contributed by atoms with van der Waals surface area (Å²) in [5, 5.41) is 7.13. The highest BCUT2D eigenvalue weighted by Crippen LogP contribution is 2.26. The van der Waals surface area contributed by atoms with Gasteiger partial charge in [-0.1, -0.05) is 29.3 Å². The number of anilines is 2. The van der Waals surface area contributed by atoms with Gasteiger partial charge in [0, 0.05) is 10.7 Å². The fourth-order valence-corrected chi connectivity index (χ4v) is 5.32. The van der Waals surface area contributed by atoms with E-state index >= 15 is 0 Å². The maximum atomic E-state index is 13.5. The molecule has 0 bridgehead atoms. The van der Waals surface area contributed by atoms with E-state index in [1.54, 1.807) is 24.3 Å². The summed E-state index contributed by atoms with van der Waals surface area (Å²) in [6.07, 6.45) is 1.40. The average Bonchev–Trinajstić information content (AvgIpc) is 3.01. The van der Waals surface area contributed by atoms with E-state index in [9.17, 15) is 18.0 Å². The number of rotatable bonds is 12. The van der Waals surface area contributed by atoms with Crippen molar-refractivity contribution in [3.63, 3.8) is 0 Å². The number of amides is 2. The van der Waals surface area contributed by atoms with E-state index in [-0.39, 0.29) is 23.1 Å². The molecule has 4 aromatic rings. The molecule has 0 heterocycles. The number of hydrazone groups is 1. The molecule has 0 radical (unpaired) electrons. The third-order valence-corrected chi connectivity index (χ3v) is 8.08. The van der Waals surface area contributed by atoms with Crippen LogP contribution in [0, 0.1) is 6.92 Å². The first kappa shape index (κ1) is 31.1. The number of nitrogens with zero attached hydrogens (tertiary/aromatic N) is 2. The topological polar surface area (TPSA) is 126 Å². The number of carbonyl (C=O) groups is 2. The molecule has 4 aromatic carbocycles. The predicted molar refractivity (Wildman–Crippen MR) is 166 cm³/mol. The lowest BCUT2D eigenvalue weighted by Crippen LogP contribution is -2.39. The molecule has 0 aromatic heterocycles. The van der Waals surface area contributed by atoms with Crippen LogP contribution in [0.25, 0.3) is 0 Å². The molecule has 0 fully saturated rings. The van der Waals surface area contributed by atoms with Crippen LogP contribution in [0.2, 0.25) is 5.02 Å². The minimum atomic E-state index is -4.12. The number of carbonyl (C=O) groups excluding carboxylic acids is 2. The quantitative estimate of drug-likeness (QED) is 0.169. The standard InChI is InChI=1S/C31H29ClN4O6S/c1-22-3-9-25(10-4-22)34-31(38)21-42-28-13-5-23(6-14-28)19-33-35-30(37)20-36(26-11-7-24(32)8-12-26)43(39,40)29-17-15-27(41-2)16-18-29/h3-19H,20-21H2,1-2H3,(H,34,38)(H,35,37)/b33-19-. The number of methoxy groups -OCH3 is 1. The van der Waals surface area contributed by atoms with Gasteiger partial charge in [0.1, 0.15) is 18.0 Å². The fourth-order valence-electron chi connectivity index (χ4n) is 3.77. The molecular weight excluding hydrogens is 592 g/mol. The second kappa shape index (κ2) is 14.3. The first-order chi connectivity index (χ1) is 20.6. The monoisotopic (exact) mass is 620 g/mol. The van der Waals surface area contributed by atoms with Crippen molar-refractivity contribution in [2.75, 3.05) is 29.9 Å². The summed E-state index contributed by atoms with van der Waals surface area (Å²) in [5.74, 6) is 0.0107. The number of nitrogens with one attached hydrogen (secondary N) is 2. The van der Waals surface area contributed by atoms with Gasteiger partial charge in [0.2, 0.25) is 0 Å². The number of ether oxygens (including phenoxy) is 2. The number of hydrogen-bond donors (Lipinski definition) is 2. The van der Waals surface area contributed by atoms with Gasteiger partial charge in [0.15, 0.2) is 6.61 Å². The maximum absolute atomic E-state index is 13.5. The molecule has 4 rings (SSSR count). The molecule has 2 amide bonds. The van der Waals surface area contributed by atoms with Crippen molar-refractivity contribution in [1.82, 2.24) is 5.43 Å². The van der Waals surface area contributed by atoms with Gasteiger partial charge < -0.3 is 14.8 Å². The van der Waals surface area contributed by atoms with E-state index in [2.05, 4.69) is 15.8 Å². The van der Waals surface area contributed by atoms with Crippen LogP contribution in [0.4, 0.5) is 11.4 Å². The van der Waals surface area contributed by atoms with Crippen molar-refractivity contribution in [2.45, 2.75) is 11.8 Å². The van der Waals surface area contributed by atoms with Crippen molar-refractivity contribution in [3.05, 3.63) is 113 Å². The largest absolute Gasteiger partial charge is 0.497 e. The van der Waals surface area contributed by atoms with Gasteiger partial charge in [-0.05, 0) is 97.4 Å². The first-order valence-electron chi connectivity index (χ1n) is 13.0. The summed E-state index contributed by atoms with van der Waals surface area (Å²) in [4.78, 5) is 24.9. The van der Waals surface area contributed by atoms with Gasteiger partial charge in [-0.25, -0.2) is 13.8 Å². The number of halogens is 1. The van der Waals surface area contributed by atoms with E-state index in [0.717, 1.165) is 9.87 Å². The van der Waals surface area contributed by atoms with Gasteiger partial charge in [-0.2, -0.15) is 5.10 Å². The van der Waals surface area contributed by atoms with Crippen molar-refractivity contribution in [1.29, 1.82) is 0 Å². The summed E-state index contributed by atoms with van der Waals surface area (Å²) >= 11 is 5.98. The molecule has 0 spiro atoms. The van der Waals surface area contributed by atoms with Crippen LogP contribution in [-0.4, -0.2) is 46.7 Å². The van der Waals surface area contributed by atoms with Crippen LogP contribution >= 0.6 is 11.6 Å². The number of aryl methyl sites for hydroxylation is 1. The van der Waals surface area contributed by atoms with Gasteiger partial charge in [0.05, 0.1) is 23.9 Å². The van der Waals surface area contributed by atoms with Gasteiger partial charge >= 0.3 is 0 Å². The third-order valence-electron chi connectivity index (χ3n) is 6.04. The molecule has 10 nitrogen and oxygen atoms in total. The number of sulfonamides is 1. The molecule has 43 heavy (non-hydrogen) atoms. The van der Waals surface area contributed by atoms with Crippen LogP contribution < -0.4 is 24.5 Å². The fraction of sp³-hybridized carbons (Fsp3) is 0.129. The highest BCUT2D eigenvalue weighted by molar-refractivity contribution is 7.92. The molecule has 0 unspecified atom stereocenters. The predicted octanol–water partition coefficient (Wildman–Crippen LogP) is 5.02. The molecule has 12 heteroatoms. The molecule has 2 N–H and O–H groups in total. The summed E-state index contributed by atoms with van der Waals surface area (Å²) < 4.78 is 38.6. The Bertz CT molecular complexity index is 1680. The molecule has 0 aliphatic carbocycles.